The van der Waals surface area contributed by atoms with E-state index in [-0.39, 0.29) is 5.92 Å². The lowest BCUT2D eigenvalue weighted by Crippen LogP contribution is -2.48. The molecule has 0 saturated heterocycles. The summed E-state index contributed by atoms with van der Waals surface area (Å²) >= 11 is 0. The van der Waals surface area contributed by atoms with E-state index in [0.29, 0.717) is 22.4 Å². The number of aliphatic hydroxyl groups is 1. The number of ether oxygens (including phenoxy) is 1. The number of hydrogen-bond donors (Lipinski definition) is 3. The molecule has 0 fully saturated rings. The van der Waals surface area contributed by atoms with Gasteiger partial charge in [-0.25, -0.2) is 9.79 Å². The normalized spacial score (nSPS) is 25.3. The van der Waals surface area contributed by atoms with Crippen molar-refractivity contribution in [3.8, 4) is 5.75 Å². The maximum atomic E-state index is 13.3. The van der Waals surface area contributed by atoms with Gasteiger partial charge in [0, 0.05) is 16.7 Å². The SMILES string of the molecule is CC(C)c1ccc2c(c1)OC1(O)c3ccccc3C(=O)C21N=CNC(=O)O. The Labute approximate surface area is 155 Å². The van der Waals surface area contributed by atoms with Crippen LogP contribution in [0.1, 0.15) is 46.8 Å². The summed E-state index contributed by atoms with van der Waals surface area (Å²) in [6.45, 7) is 4.05. The van der Waals surface area contributed by atoms with Crippen molar-refractivity contribution in [2.75, 3.05) is 0 Å². The maximum absolute atomic E-state index is 13.3. The predicted octanol–water partition coefficient (Wildman–Crippen LogP) is 2.74. The number of fused-ring (bicyclic) bond motifs is 5. The van der Waals surface area contributed by atoms with E-state index >= 15 is 0 Å². The van der Waals surface area contributed by atoms with Crippen molar-refractivity contribution >= 4 is 18.2 Å². The second kappa shape index (κ2) is 5.65. The van der Waals surface area contributed by atoms with Crippen LogP contribution in [0.25, 0.3) is 0 Å². The number of hydrogen-bond acceptors (Lipinski definition) is 5. The van der Waals surface area contributed by atoms with Gasteiger partial charge >= 0.3 is 6.09 Å². The number of carbonyl (C=O) groups excluding carboxylic acids is 1. The minimum absolute atomic E-state index is 0.227. The molecule has 0 aromatic heterocycles. The van der Waals surface area contributed by atoms with E-state index < -0.39 is 23.2 Å². The highest BCUT2D eigenvalue weighted by atomic mass is 16.6. The van der Waals surface area contributed by atoms with E-state index in [1.807, 2.05) is 25.2 Å². The average molecular weight is 366 g/mol. The van der Waals surface area contributed by atoms with Gasteiger partial charge in [-0.05, 0) is 17.5 Å². The van der Waals surface area contributed by atoms with Gasteiger partial charge in [0.1, 0.15) is 5.75 Å². The lowest BCUT2D eigenvalue weighted by atomic mass is 9.83. The van der Waals surface area contributed by atoms with E-state index in [1.165, 1.54) is 0 Å². The molecule has 138 valence electrons. The molecule has 2 aliphatic rings. The molecule has 2 unspecified atom stereocenters. The Hall–Kier alpha value is -3.19. The van der Waals surface area contributed by atoms with Gasteiger partial charge < -0.3 is 14.9 Å². The Morgan fingerprint density at radius 3 is 2.67 bits per heavy atom. The third-order valence-electron chi connectivity index (χ3n) is 5.12. The van der Waals surface area contributed by atoms with Crippen LogP contribution < -0.4 is 10.1 Å². The number of benzene rings is 2. The molecule has 1 aliphatic carbocycles. The predicted molar refractivity (Wildman–Crippen MR) is 97.2 cm³/mol. The van der Waals surface area contributed by atoms with Gasteiger partial charge in [-0.1, -0.05) is 50.2 Å². The van der Waals surface area contributed by atoms with E-state index in [0.717, 1.165) is 11.9 Å². The van der Waals surface area contributed by atoms with Crippen LogP contribution in [0.4, 0.5) is 4.79 Å². The van der Waals surface area contributed by atoms with Crippen molar-refractivity contribution in [1.29, 1.82) is 0 Å². The molecule has 2 aromatic carbocycles. The molecule has 0 bridgehead atoms. The summed E-state index contributed by atoms with van der Waals surface area (Å²) in [6.07, 6.45) is -0.415. The molecular formula is C20H18N2O5. The summed E-state index contributed by atoms with van der Waals surface area (Å²) in [5.74, 6) is -1.90. The topological polar surface area (TPSA) is 108 Å². The molecule has 1 heterocycles. The Balaban J connectivity index is 1.96. The van der Waals surface area contributed by atoms with Crippen molar-refractivity contribution in [2.24, 2.45) is 4.99 Å². The molecule has 2 aromatic rings. The molecule has 7 nitrogen and oxygen atoms in total. The number of rotatable bonds is 3. The van der Waals surface area contributed by atoms with Gasteiger partial charge in [0.2, 0.25) is 11.3 Å². The number of aliphatic imine (C=N–C) groups is 1. The zero-order chi connectivity index (χ0) is 19.4. The standard InChI is InChI=1S/C20H18N2O5/c1-11(2)12-7-8-15-16(9-12)27-20(26)14-6-4-3-5-13(14)17(23)19(15,20)22-10-21-18(24)25/h3-11,26H,1-2H3,(H,21,22)(H,24,25). The second-order valence-electron chi connectivity index (χ2n) is 6.95. The molecule has 7 heteroatoms. The number of carbonyl (C=O) groups is 2. The van der Waals surface area contributed by atoms with Crippen molar-refractivity contribution in [1.82, 2.24) is 5.32 Å². The maximum Gasteiger partial charge on any atom is 0.409 e. The van der Waals surface area contributed by atoms with Crippen LogP contribution in [0.5, 0.6) is 5.75 Å². The second-order valence-corrected chi connectivity index (χ2v) is 6.95. The van der Waals surface area contributed by atoms with Crippen LogP contribution in [0, 0.1) is 0 Å². The van der Waals surface area contributed by atoms with E-state index in [4.69, 9.17) is 9.84 Å². The Morgan fingerprint density at radius 2 is 1.96 bits per heavy atom. The Bertz CT molecular complexity index is 1000. The van der Waals surface area contributed by atoms with Crippen molar-refractivity contribution in [3.63, 3.8) is 0 Å². The number of nitrogens with one attached hydrogen (secondary N) is 1. The number of amides is 1. The summed E-state index contributed by atoms with van der Waals surface area (Å²) < 4.78 is 5.91. The van der Waals surface area contributed by atoms with Crippen molar-refractivity contribution < 1.29 is 24.5 Å². The van der Waals surface area contributed by atoms with Crippen LogP contribution in [-0.4, -0.2) is 28.4 Å². The fraction of sp³-hybridized carbons (Fsp3) is 0.250. The zero-order valence-corrected chi connectivity index (χ0v) is 14.8. The smallest absolute Gasteiger partial charge is 0.409 e. The first kappa shape index (κ1) is 17.2. The summed E-state index contributed by atoms with van der Waals surface area (Å²) in [6, 6.07) is 12.0. The van der Waals surface area contributed by atoms with E-state index in [2.05, 4.69) is 4.99 Å². The van der Waals surface area contributed by atoms with Gasteiger partial charge in [-0.3, -0.25) is 10.1 Å². The van der Waals surface area contributed by atoms with E-state index in [1.54, 1.807) is 36.4 Å². The molecule has 1 aliphatic heterocycles. The molecule has 2 atom stereocenters. The Kier molecular flexibility index (Phi) is 3.61. The third-order valence-corrected chi connectivity index (χ3v) is 5.12. The monoisotopic (exact) mass is 366 g/mol. The first-order valence-corrected chi connectivity index (χ1v) is 8.54. The summed E-state index contributed by atoms with van der Waals surface area (Å²) in [5, 5.41) is 22.3. The van der Waals surface area contributed by atoms with Gasteiger partial charge in [0.15, 0.2) is 0 Å². The quantitative estimate of drug-likeness (QED) is 0.572. The largest absolute Gasteiger partial charge is 0.465 e. The highest BCUT2D eigenvalue weighted by molar-refractivity contribution is 6.11. The highest BCUT2D eigenvalue weighted by Crippen LogP contribution is 2.60. The van der Waals surface area contributed by atoms with Gasteiger partial charge in [0.25, 0.3) is 5.79 Å². The van der Waals surface area contributed by atoms with Gasteiger partial charge in [-0.15, -0.1) is 0 Å². The van der Waals surface area contributed by atoms with Crippen LogP contribution in [0.15, 0.2) is 47.5 Å². The first-order chi connectivity index (χ1) is 12.8. The van der Waals surface area contributed by atoms with Crippen LogP contribution in [0.2, 0.25) is 0 Å². The number of ketones is 1. The lowest BCUT2D eigenvalue weighted by molar-refractivity contribution is -0.161. The molecule has 0 spiro atoms. The van der Waals surface area contributed by atoms with E-state index in [9.17, 15) is 14.7 Å². The first-order valence-electron chi connectivity index (χ1n) is 8.54. The number of nitrogens with zero attached hydrogens (tertiary/aromatic N) is 1. The summed E-state index contributed by atoms with van der Waals surface area (Å²) in [5.41, 5.74) is 0.194. The third kappa shape index (κ3) is 2.15. The summed E-state index contributed by atoms with van der Waals surface area (Å²) in [7, 11) is 0. The van der Waals surface area contributed by atoms with Crippen molar-refractivity contribution in [2.45, 2.75) is 31.1 Å². The fourth-order valence-electron chi connectivity index (χ4n) is 3.79. The molecule has 1 amide bonds. The minimum Gasteiger partial charge on any atom is -0.465 e. The molecule has 3 N–H and O–H groups in total. The van der Waals surface area contributed by atoms with Gasteiger partial charge in [0.05, 0.1) is 6.34 Å². The average Bonchev–Trinajstić information content (AvgIpc) is 2.99. The van der Waals surface area contributed by atoms with Crippen molar-refractivity contribution in [3.05, 3.63) is 64.7 Å². The van der Waals surface area contributed by atoms with Crippen LogP contribution >= 0.6 is 0 Å². The van der Waals surface area contributed by atoms with Crippen LogP contribution in [0.3, 0.4) is 0 Å². The molecule has 0 saturated carbocycles. The summed E-state index contributed by atoms with van der Waals surface area (Å²) in [4.78, 5) is 28.4. The molecule has 4 rings (SSSR count). The number of Topliss-reactive ketones (excluding diaryl/α,β-unsaturated/α-hetero) is 1. The molecule has 0 radical (unpaired) electrons. The highest BCUT2D eigenvalue weighted by Gasteiger charge is 2.71. The molecular weight excluding hydrogens is 348 g/mol. The van der Waals surface area contributed by atoms with Gasteiger partial charge in [-0.2, -0.15) is 0 Å². The molecule has 27 heavy (non-hydrogen) atoms. The lowest BCUT2D eigenvalue weighted by Gasteiger charge is -2.30. The zero-order valence-electron chi connectivity index (χ0n) is 14.8. The van der Waals surface area contributed by atoms with Crippen LogP contribution in [-0.2, 0) is 11.3 Å². The minimum atomic E-state index is -2.05. The fourth-order valence-corrected chi connectivity index (χ4v) is 3.79. The Morgan fingerprint density at radius 1 is 1.22 bits per heavy atom. The number of carboxylic acid groups (broad SMARTS) is 1.